The minimum Gasteiger partial charge on any atom is -0.328 e. The highest BCUT2D eigenvalue weighted by molar-refractivity contribution is 5.93. The van der Waals surface area contributed by atoms with Crippen molar-refractivity contribution in [3.63, 3.8) is 0 Å². The molecule has 0 spiro atoms. The van der Waals surface area contributed by atoms with Crippen LogP contribution in [0.5, 0.6) is 0 Å². The van der Waals surface area contributed by atoms with Crippen LogP contribution >= 0.6 is 0 Å². The maximum Gasteiger partial charge on any atom is 0.227 e. The van der Waals surface area contributed by atoms with Gasteiger partial charge in [0.05, 0.1) is 0 Å². The number of rotatable bonds is 2. The second-order valence-corrected chi connectivity index (χ2v) is 4.23. The van der Waals surface area contributed by atoms with Crippen LogP contribution in [0.1, 0.15) is 18.4 Å². The number of carbonyl (C=O) groups excluding carboxylic acids is 1. The summed E-state index contributed by atoms with van der Waals surface area (Å²) >= 11 is 0. The van der Waals surface area contributed by atoms with Crippen LogP contribution in [-0.4, -0.2) is 11.9 Å². The molecule has 1 fully saturated rings. The van der Waals surface area contributed by atoms with E-state index in [9.17, 15) is 4.79 Å². The molecule has 1 aliphatic rings. The minimum absolute atomic E-state index is 0.103. The fraction of sp³-hybridized carbons (Fsp3) is 0.417. The molecule has 1 saturated carbocycles. The van der Waals surface area contributed by atoms with Gasteiger partial charge in [0.15, 0.2) is 0 Å². The van der Waals surface area contributed by atoms with Gasteiger partial charge < -0.3 is 11.1 Å². The van der Waals surface area contributed by atoms with E-state index < -0.39 is 0 Å². The van der Waals surface area contributed by atoms with Gasteiger partial charge in [0.25, 0.3) is 0 Å². The second-order valence-electron chi connectivity index (χ2n) is 4.23. The van der Waals surface area contributed by atoms with Gasteiger partial charge in [-0.2, -0.15) is 0 Å². The van der Waals surface area contributed by atoms with Crippen LogP contribution in [0.2, 0.25) is 0 Å². The topological polar surface area (TPSA) is 55.1 Å². The third-order valence-electron chi connectivity index (χ3n) is 2.95. The highest BCUT2D eigenvalue weighted by Gasteiger charge is 2.31. The SMILES string of the molecule is Cc1ccccc1NC(=O)C1CC(N)C1. The summed E-state index contributed by atoms with van der Waals surface area (Å²) in [5.74, 6) is 0.214. The molecule has 1 aromatic rings. The first-order valence-corrected chi connectivity index (χ1v) is 5.29. The molecule has 80 valence electrons. The second kappa shape index (κ2) is 4.03. The lowest BCUT2D eigenvalue weighted by Gasteiger charge is -2.31. The molecule has 1 amide bonds. The van der Waals surface area contributed by atoms with Crippen molar-refractivity contribution in [3.8, 4) is 0 Å². The average molecular weight is 204 g/mol. The van der Waals surface area contributed by atoms with Crippen molar-refractivity contribution >= 4 is 11.6 Å². The van der Waals surface area contributed by atoms with Crippen molar-refractivity contribution < 1.29 is 4.79 Å². The van der Waals surface area contributed by atoms with Crippen molar-refractivity contribution in [1.29, 1.82) is 0 Å². The number of para-hydroxylation sites is 1. The van der Waals surface area contributed by atoms with Gasteiger partial charge in [-0.15, -0.1) is 0 Å². The molecule has 0 aromatic heterocycles. The predicted molar refractivity (Wildman–Crippen MR) is 60.5 cm³/mol. The third-order valence-corrected chi connectivity index (χ3v) is 2.95. The zero-order valence-corrected chi connectivity index (χ0v) is 8.86. The number of hydrogen-bond acceptors (Lipinski definition) is 2. The first-order valence-electron chi connectivity index (χ1n) is 5.29. The molecule has 0 unspecified atom stereocenters. The molecule has 0 radical (unpaired) electrons. The summed E-state index contributed by atoms with van der Waals surface area (Å²) in [6.45, 7) is 1.99. The maximum atomic E-state index is 11.7. The van der Waals surface area contributed by atoms with E-state index in [2.05, 4.69) is 5.32 Å². The summed E-state index contributed by atoms with van der Waals surface area (Å²) in [7, 11) is 0. The largest absolute Gasteiger partial charge is 0.328 e. The molecule has 3 N–H and O–H groups in total. The van der Waals surface area contributed by atoms with Crippen molar-refractivity contribution in [2.24, 2.45) is 11.7 Å². The average Bonchev–Trinajstić information content (AvgIpc) is 2.17. The highest BCUT2D eigenvalue weighted by Crippen LogP contribution is 2.27. The zero-order chi connectivity index (χ0) is 10.8. The summed E-state index contributed by atoms with van der Waals surface area (Å²) in [6, 6.07) is 8.02. The zero-order valence-electron chi connectivity index (χ0n) is 8.86. The van der Waals surface area contributed by atoms with E-state index in [0.29, 0.717) is 0 Å². The monoisotopic (exact) mass is 204 g/mol. The number of nitrogens with two attached hydrogens (primary N) is 1. The van der Waals surface area contributed by atoms with Gasteiger partial charge in [0.2, 0.25) is 5.91 Å². The van der Waals surface area contributed by atoms with Gasteiger partial charge in [-0.3, -0.25) is 4.79 Å². The summed E-state index contributed by atoms with van der Waals surface area (Å²) in [5.41, 5.74) is 7.65. The highest BCUT2D eigenvalue weighted by atomic mass is 16.1. The van der Waals surface area contributed by atoms with Crippen LogP contribution in [0, 0.1) is 12.8 Å². The predicted octanol–water partition coefficient (Wildman–Crippen LogP) is 1.67. The van der Waals surface area contributed by atoms with Gasteiger partial charge in [0.1, 0.15) is 0 Å². The normalized spacial score (nSPS) is 24.4. The fourth-order valence-electron chi connectivity index (χ4n) is 1.82. The lowest BCUT2D eigenvalue weighted by atomic mass is 9.80. The fourth-order valence-corrected chi connectivity index (χ4v) is 1.82. The molecule has 2 rings (SSSR count). The quantitative estimate of drug-likeness (QED) is 0.770. The standard InChI is InChI=1S/C12H16N2O/c1-8-4-2-3-5-11(8)14-12(15)9-6-10(13)7-9/h2-5,9-10H,6-7,13H2,1H3,(H,14,15). The van der Waals surface area contributed by atoms with Crippen LogP contribution in [0.15, 0.2) is 24.3 Å². The Morgan fingerprint density at radius 1 is 1.40 bits per heavy atom. The van der Waals surface area contributed by atoms with E-state index in [1.165, 1.54) is 0 Å². The molecule has 1 aliphatic carbocycles. The van der Waals surface area contributed by atoms with Crippen molar-refractivity contribution in [2.75, 3.05) is 5.32 Å². The Morgan fingerprint density at radius 2 is 2.07 bits per heavy atom. The maximum absolute atomic E-state index is 11.7. The number of benzene rings is 1. The van der Waals surface area contributed by atoms with E-state index in [-0.39, 0.29) is 17.9 Å². The molecule has 3 nitrogen and oxygen atoms in total. The number of nitrogens with one attached hydrogen (secondary N) is 1. The third kappa shape index (κ3) is 2.18. The Hall–Kier alpha value is -1.35. The van der Waals surface area contributed by atoms with E-state index in [0.717, 1.165) is 24.1 Å². The lowest BCUT2D eigenvalue weighted by Crippen LogP contribution is -2.42. The Kier molecular flexibility index (Phi) is 2.73. The van der Waals surface area contributed by atoms with E-state index in [1.807, 2.05) is 31.2 Å². The van der Waals surface area contributed by atoms with Crippen molar-refractivity contribution in [2.45, 2.75) is 25.8 Å². The van der Waals surface area contributed by atoms with Gasteiger partial charge in [0, 0.05) is 17.6 Å². The van der Waals surface area contributed by atoms with Crippen molar-refractivity contribution in [1.82, 2.24) is 0 Å². The Balaban J connectivity index is 1.97. The number of amides is 1. The van der Waals surface area contributed by atoms with Crippen LogP contribution < -0.4 is 11.1 Å². The summed E-state index contributed by atoms with van der Waals surface area (Å²) in [6.07, 6.45) is 1.63. The first-order chi connectivity index (χ1) is 7.16. The molecular weight excluding hydrogens is 188 g/mol. The Bertz CT molecular complexity index is 370. The lowest BCUT2D eigenvalue weighted by molar-refractivity contribution is -0.122. The van der Waals surface area contributed by atoms with Gasteiger partial charge in [-0.25, -0.2) is 0 Å². The van der Waals surface area contributed by atoms with Crippen LogP contribution in [0.3, 0.4) is 0 Å². The van der Waals surface area contributed by atoms with Gasteiger partial charge in [-0.1, -0.05) is 18.2 Å². The molecule has 0 atom stereocenters. The molecule has 0 bridgehead atoms. The number of hydrogen-bond donors (Lipinski definition) is 2. The smallest absolute Gasteiger partial charge is 0.227 e. The number of anilines is 1. The summed E-state index contributed by atoms with van der Waals surface area (Å²) in [5, 5.41) is 2.94. The van der Waals surface area contributed by atoms with E-state index in [1.54, 1.807) is 0 Å². The van der Waals surface area contributed by atoms with Crippen molar-refractivity contribution in [3.05, 3.63) is 29.8 Å². The molecule has 0 aliphatic heterocycles. The first kappa shape index (κ1) is 10.2. The van der Waals surface area contributed by atoms with Crippen LogP contribution in [0.4, 0.5) is 5.69 Å². The summed E-state index contributed by atoms with van der Waals surface area (Å²) in [4.78, 5) is 11.7. The molecule has 3 heteroatoms. The van der Waals surface area contributed by atoms with E-state index >= 15 is 0 Å². The molecule has 0 saturated heterocycles. The number of carbonyl (C=O) groups is 1. The van der Waals surface area contributed by atoms with Gasteiger partial charge in [-0.05, 0) is 31.4 Å². The minimum atomic E-state index is 0.103. The number of aryl methyl sites for hydroxylation is 1. The Labute approximate surface area is 89.7 Å². The van der Waals surface area contributed by atoms with Crippen LogP contribution in [-0.2, 0) is 4.79 Å². The Morgan fingerprint density at radius 3 is 2.67 bits per heavy atom. The van der Waals surface area contributed by atoms with Crippen LogP contribution in [0.25, 0.3) is 0 Å². The molecular formula is C12H16N2O. The molecule has 15 heavy (non-hydrogen) atoms. The molecule has 0 heterocycles. The van der Waals surface area contributed by atoms with E-state index in [4.69, 9.17) is 5.73 Å². The summed E-state index contributed by atoms with van der Waals surface area (Å²) < 4.78 is 0. The van der Waals surface area contributed by atoms with Gasteiger partial charge >= 0.3 is 0 Å². The molecule has 1 aromatic carbocycles.